The van der Waals surface area contributed by atoms with E-state index in [1.165, 1.54) is 16.9 Å². The van der Waals surface area contributed by atoms with Crippen molar-refractivity contribution in [2.24, 2.45) is 5.92 Å². The van der Waals surface area contributed by atoms with E-state index in [4.69, 9.17) is 4.74 Å². The Labute approximate surface area is 171 Å². The molecule has 0 aliphatic carbocycles. The van der Waals surface area contributed by atoms with E-state index in [2.05, 4.69) is 22.3 Å². The minimum atomic E-state index is -2.78. The molecule has 152 valence electrons. The van der Waals surface area contributed by atoms with E-state index in [-0.39, 0.29) is 19.0 Å². The van der Waals surface area contributed by atoms with Crippen LogP contribution < -0.4 is 10.2 Å². The van der Waals surface area contributed by atoms with Gasteiger partial charge in [-0.25, -0.2) is 8.78 Å². The van der Waals surface area contributed by atoms with Crippen molar-refractivity contribution in [1.29, 1.82) is 0 Å². The van der Waals surface area contributed by atoms with Gasteiger partial charge in [0, 0.05) is 42.5 Å². The highest BCUT2D eigenvalue weighted by atomic mass is 35.5. The number of halogens is 3. The Kier molecular flexibility index (Phi) is 6.78. The third-order valence-corrected chi connectivity index (χ3v) is 5.68. The number of piperidine rings is 1. The second-order valence-electron chi connectivity index (χ2n) is 7.48. The fourth-order valence-electron chi connectivity index (χ4n) is 4.16. The van der Waals surface area contributed by atoms with Gasteiger partial charge in [-0.1, -0.05) is 36.4 Å². The highest BCUT2D eigenvalue weighted by Gasteiger charge is 2.41. The molecule has 0 unspecified atom stereocenters. The summed E-state index contributed by atoms with van der Waals surface area (Å²) in [6.45, 7) is 2.04. The van der Waals surface area contributed by atoms with Crippen LogP contribution >= 0.6 is 12.4 Å². The summed E-state index contributed by atoms with van der Waals surface area (Å²) >= 11 is 0. The monoisotopic (exact) mass is 408 g/mol. The third kappa shape index (κ3) is 4.58. The molecule has 0 amide bonds. The van der Waals surface area contributed by atoms with E-state index >= 15 is 0 Å². The number of fused-ring (bicyclic) bond motifs is 1. The normalized spacial score (nSPS) is 17.0. The van der Waals surface area contributed by atoms with Crippen molar-refractivity contribution in [3.05, 3.63) is 59.7 Å². The van der Waals surface area contributed by atoms with Gasteiger partial charge in [-0.15, -0.1) is 12.4 Å². The first-order chi connectivity index (χ1) is 13.1. The molecular weight excluding hydrogens is 382 g/mol. The lowest BCUT2D eigenvalue weighted by Crippen LogP contribution is -2.43. The highest BCUT2D eigenvalue weighted by molar-refractivity contribution is 5.85. The van der Waals surface area contributed by atoms with Gasteiger partial charge in [-0.2, -0.15) is 0 Å². The summed E-state index contributed by atoms with van der Waals surface area (Å²) in [7, 11) is 0. The van der Waals surface area contributed by atoms with Crippen LogP contribution in [0.2, 0.25) is 0 Å². The molecule has 4 rings (SSSR count). The Morgan fingerprint density at radius 2 is 1.79 bits per heavy atom. The van der Waals surface area contributed by atoms with Gasteiger partial charge in [0.15, 0.2) is 0 Å². The molecule has 2 heterocycles. The molecule has 0 radical (unpaired) electrons. The fourth-order valence-corrected chi connectivity index (χ4v) is 4.16. The molecule has 1 N–H and O–H groups in total. The summed E-state index contributed by atoms with van der Waals surface area (Å²) in [4.78, 5) is 2.27. The Bertz CT molecular complexity index is 764. The van der Waals surface area contributed by atoms with Crippen molar-refractivity contribution in [3.63, 3.8) is 0 Å². The lowest BCUT2D eigenvalue weighted by molar-refractivity contribution is -0.126. The predicted octanol–water partition coefficient (Wildman–Crippen LogP) is 5.14. The van der Waals surface area contributed by atoms with Crippen LogP contribution in [-0.2, 0) is 17.8 Å². The van der Waals surface area contributed by atoms with Crippen LogP contribution in [0.15, 0.2) is 48.5 Å². The van der Waals surface area contributed by atoms with E-state index in [1.807, 2.05) is 36.4 Å². The van der Waals surface area contributed by atoms with Crippen molar-refractivity contribution in [1.82, 2.24) is 0 Å². The van der Waals surface area contributed by atoms with Crippen molar-refractivity contribution in [2.45, 2.75) is 31.8 Å². The van der Waals surface area contributed by atoms with Gasteiger partial charge in [0.2, 0.25) is 0 Å². The zero-order valence-electron chi connectivity index (χ0n) is 15.9. The summed E-state index contributed by atoms with van der Waals surface area (Å²) < 4.78 is 34.6. The maximum atomic E-state index is 14.6. The fraction of sp³-hybridized carbons (Fsp3) is 0.455. The van der Waals surface area contributed by atoms with Crippen LogP contribution in [0.3, 0.4) is 0 Å². The number of benzene rings is 2. The quantitative estimate of drug-likeness (QED) is 0.715. The van der Waals surface area contributed by atoms with E-state index in [0.717, 1.165) is 18.5 Å². The first-order valence-electron chi connectivity index (χ1n) is 9.74. The van der Waals surface area contributed by atoms with Gasteiger partial charge in [0.25, 0.3) is 5.92 Å². The molecule has 0 aromatic heterocycles. The number of anilines is 2. The second-order valence-corrected chi connectivity index (χ2v) is 7.48. The molecule has 0 bridgehead atoms. The number of hydrogen-bond acceptors (Lipinski definition) is 3. The van der Waals surface area contributed by atoms with E-state index < -0.39 is 18.4 Å². The molecule has 2 aliphatic rings. The van der Waals surface area contributed by atoms with Gasteiger partial charge in [-0.3, -0.25) is 0 Å². The number of rotatable bonds is 6. The van der Waals surface area contributed by atoms with Crippen LogP contribution in [0.25, 0.3) is 0 Å². The predicted molar refractivity (Wildman–Crippen MR) is 112 cm³/mol. The second kappa shape index (κ2) is 9.10. The molecule has 1 saturated heterocycles. The van der Waals surface area contributed by atoms with Crippen molar-refractivity contribution in [2.75, 3.05) is 36.5 Å². The summed E-state index contributed by atoms with van der Waals surface area (Å²) in [6, 6.07) is 15.7. The van der Waals surface area contributed by atoms with Crippen LogP contribution in [0.4, 0.5) is 20.2 Å². The Morgan fingerprint density at radius 3 is 2.54 bits per heavy atom. The molecule has 2 aromatic rings. The maximum absolute atomic E-state index is 14.6. The molecule has 0 spiro atoms. The first kappa shape index (κ1) is 20.9. The van der Waals surface area contributed by atoms with Crippen molar-refractivity contribution >= 4 is 23.8 Å². The number of nitrogens with one attached hydrogen (secondary N) is 1. The van der Waals surface area contributed by atoms with Gasteiger partial charge in [-0.05, 0) is 37.0 Å². The van der Waals surface area contributed by atoms with Crippen LogP contribution in [0.5, 0.6) is 0 Å². The van der Waals surface area contributed by atoms with Crippen molar-refractivity contribution < 1.29 is 13.5 Å². The Morgan fingerprint density at radius 1 is 1.04 bits per heavy atom. The van der Waals surface area contributed by atoms with E-state index in [9.17, 15) is 8.78 Å². The molecule has 28 heavy (non-hydrogen) atoms. The molecule has 0 saturated carbocycles. The average molecular weight is 409 g/mol. The molecule has 0 atom stereocenters. The molecule has 2 aromatic carbocycles. The molecule has 1 fully saturated rings. The largest absolute Gasteiger partial charge is 0.384 e. The molecule has 6 heteroatoms. The summed E-state index contributed by atoms with van der Waals surface area (Å²) in [5.74, 6) is -3.39. The van der Waals surface area contributed by atoms with Crippen molar-refractivity contribution in [3.8, 4) is 0 Å². The summed E-state index contributed by atoms with van der Waals surface area (Å²) in [6.07, 6.45) is 2.01. The topological polar surface area (TPSA) is 24.5 Å². The number of hydrogen-bond donors (Lipinski definition) is 1. The smallest absolute Gasteiger partial charge is 0.273 e. The van der Waals surface area contributed by atoms with E-state index in [0.29, 0.717) is 25.9 Å². The third-order valence-electron chi connectivity index (χ3n) is 5.68. The van der Waals surface area contributed by atoms with Gasteiger partial charge in [0.05, 0.1) is 6.61 Å². The van der Waals surface area contributed by atoms with Gasteiger partial charge >= 0.3 is 0 Å². The average Bonchev–Trinajstić information content (AvgIpc) is 3.18. The van der Waals surface area contributed by atoms with E-state index in [1.54, 1.807) is 0 Å². The lowest BCUT2D eigenvalue weighted by atomic mass is 9.90. The number of nitrogens with zero attached hydrogens (tertiary/aromatic N) is 1. The first-order valence-corrected chi connectivity index (χ1v) is 9.74. The zero-order chi connectivity index (χ0) is 18.7. The number of ether oxygens (including phenoxy) is 1. The SMILES string of the molecule is Cl.FC(F)(COCc1ccccc1)C1CCN(c2cccc3c2CCN3)CC1. The minimum Gasteiger partial charge on any atom is -0.384 e. The zero-order valence-corrected chi connectivity index (χ0v) is 16.7. The van der Waals surface area contributed by atoms with Gasteiger partial charge < -0.3 is 15.0 Å². The Hall–Kier alpha value is -1.85. The molecule has 3 nitrogen and oxygen atoms in total. The summed E-state index contributed by atoms with van der Waals surface area (Å²) in [5.41, 5.74) is 4.65. The standard InChI is InChI=1S/C22H26F2N2O.ClH/c23-22(24,16-27-15-17-5-2-1-3-6-17)18-10-13-26(14-11-18)21-8-4-7-20-19(21)9-12-25-20;/h1-8,18,25H,9-16H2;1H. The highest BCUT2D eigenvalue weighted by Crippen LogP contribution is 2.38. The molecular formula is C22H27ClF2N2O. The van der Waals surface area contributed by atoms with Crippen LogP contribution in [0.1, 0.15) is 24.0 Å². The number of alkyl halides is 2. The molecule has 2 aliphatic heterocycles. The van der Waals surface area contributed by atoms with Gasteiger partial charge in [0.1, 0.15) is 6.61 Å². The Balaban J connectivity index is 0.00000225. The minimum absolute atomic E-state index is 0. The van der Waals surface area contributed by atoms with Crippen LogP contribution in [-0.4, -0.2) is 32.2 Å². The maximum Gasteiger partial charge on any atom is 0.273 e. The lowest BCUT2D eigenvalue weighted by Gasteiger charge is -2.37. The van der Waals surface area contributed by atoms with Crippen LogP contribution in [0, 0.1) is 5.92 Å². The summed E-state index contributed by atoms with van der Waals surface area (Å²) in [5, 5.41) is 3.39.